The van der Waals surface area contributed by atoms with Crippen LogP contribution in [0.25, 0.3) is 0 Å². The number of carbonyl (C=O) groups excluding carboxylic acids is 3. The molecule has 7 heteroatoms. The Morgan fingerprint density at radius 2 is 1.44 bits per heavy atom. The first-order valence-corrected chi connectivity index (χ1v) is 10.7. The number of ether oxygens (including phenoxy) is 3. The molecule has 170 valence electrons. The largest absolute Gasteiger partial charge is 0.462 e. The van der Waals surface area contributed by atoms with Crippen LogP contribution in [0.4, 0.5) is 4.79 Å². The van der Waals surface area contributed by atoms with Crippen LogP contribution in [-0.4, -0.2) is 42.4 Å². The van der Waals surface area contributed by atoms with Crippen molar-refractivity contribution in [2.24, 2.45) is 5.92 Å². The Hall–Kier alpha value is -3.35. The van der Waals surface area contributed by atoms with Gasteiger partial charge in [0.1, 0.15) is 11.7 Å². The van der Waals surface area contributed by atoms with Crippen LogP contribution >= 0.6 is 0 Å². The van der Waals surface area contributed by atoms with Crippen molar-refractivity contribution in [3.63, 3.8) is 0 Å². The van der Waals surface area contributed by atoms with E-state index in [-0.39, 0.29) is 18.6 Å². The fourth-order valence-corrected chi connectivity index (χ4v) is 3.62. The molecule has 3 rings (SSSR count). The van der Waals surface area contributed by atoms with Crippen molar-refractivity contribution in [1.82, 2.24) is 5.32 Å². The summed E-state index contributed by atoms with van der Waals surface area (Å²) < 4.78 is 16.6. The minimum absolute atomic E-state index is 0.0764. The highest BCUT2D eigenvalue weighted by atomic mass is 16.6. The highest BCUT2D eigenvalue weighted by Gasteiger charge is 2.39. The van der Waals surface area contributed by atoms with Crippen molar-refractivity contribution in [2.75, 3.05) is 6.61 Å². The van der Waals surface area contributed by atoms with Crippen LogP contribution in [0, 0.1) is 5.92 Å². The van der Waals surface area contributed by atoms with Crippen LogP contribution in [0.2, 0.25) is 0 Å². The standard InChI is InChI=1S/C25H29NO6/c1-25(2,3)32-24(29)26-20-14-19(16-30-22(27)17-10-6-4-7-11-17)21(15-20)31-23(28)18-12-8-5-9-13-18/h4-13,19-21H,14-16H2,1-3H3,(H,26,29)/t19-,20-,21+/m1/s1. The topological polar surface area (TPSA) is 90.9 Å². The Bertz CT molecular complexity index is 922. The van der Waals surface area contributed by atoms with Gasteiger partial charge in [0, 0.05) is 18.4 Å². The van der Waals surface area contributed by atoms with Gasteiger partial charge in [-0.2, -0.15) is 0 Å². The van der Waals surface area contributed by atoms with Gasteiger partial charge in [-0.05, 0) is 51.5 Å². The van der Waals surface area contributed by atoms with E-state index in [4.69, 9.17) is 14.2 Å². The van der Waals surface area contributed by atoms with Gasteiger partial charge in [-0.1, -0.05) is 36.4 Å². The Kier molecular flexibility index (Phi) is 7.51. The summed E-state index contributed by atoms with van der Waals surface area (Å²) in [6, 6.07) is 17.1. The summed E-state index contributed by atoms with van der Waals surface area (Å²) in [4.78, 5) is 37.1. The summed E-state index contributed by atoms with van der Waals surface area (Å²) in [5.41, 5.74) is 0.273. The molecule has 7 nitrogen and oxygen atoms in total. The highest BCUT2D eigenvalue weighted by molar-refractivity contribution is 5.90. The zero-order valence-electron chi connectivity index (χ0n) is 18.6. The van der Waals surface area contributed by atoms with Crippen molar-refractivity contribution in [1.29, 1.82) is 0 Å². The van der Waals surface area contributed by atoms with Gasteiger partial charge in [0.2, 0.25) is 0 Å². The van der Waals surface area contributed by atoms with Crippen LogP contribution in [0.5, 0.6) is 0 Å². The molecule has 1 saturated carbocycles. The van der Waals surface area contributed by atoms with Crippen molar-refractivity contribution in [2.45, 2.75) is 51.4 Å². The molecule has 1 N–H and O–H groups in total. The first-order valence-electron chi connectivity index (χ1n) is 10.7. The average molecular weight is 440 g/mol. The zero-order valence-corrected chi connectivity index (χ0v) is 18.6. The van der Waals surface area contributed by atoms with Gasteiger partial charge < -0.3 is 19.5 Å². The normalized spacial score (nSPS) is 20.3. The Balaban J connectivity index is 1.65. The Morgan fingerprint density at radius 3 is 2.00 bits per heavy atom. The SMILES string of the molecule is CC(C)(C)OC(=O)N[C@@H]1C[C@H](COC(=O)c2ccccc2)[C@@H](OC(=O)c2ccccc2)C1. The van der Waals surface area contributed by atoms with Crippen molar-refractivity contribution in [3.05, 3.63) is 71.8 Å². The third kappa shape index (κ3) is 6.83. The molecule has 0 spiro atoms. The number of hydrogen-bond donors (Lipinski definition) is 1. The molecule has 0 bridgehead atoms. The number of benzene rings is 2. The van der Waals surface area contributed by atoms with Gasteiger partial charge in [-0.15, -0.1) is 0 Å². The van der Waals surface area contributed by atoms with E-state index < -0.39 is 29.7 Å². The fourth-order valence-electron chi connectivity index (χ4n) is 3.62. The maximum absolute atomic E-state index is 12.6. The summed E-state index contributed by atoms with van der Waals surface area (Å²) in [6.45, 7) is 5.44. The molecule has 0 unspecified atom stereocenters. The van der Waals surface area contributed by atoms with Gasteiger partial charge in [0.25, 0.3) is 0 Å². The molecule has 0 heterocycles. The number of esters is 2. The maximum Gasteiger partial charge on any atom is 0.407 e. The first-order chi connectivity index (χ1) is 15.2. The summed E-state index contributed by atoms with van der Waals surface area (Å²) in [7, 11) is 0. The van der Waals surface area contributed by atoms with E-state index in [0.717, 1.165) is 0 Å². The van der Waals surface area contributed by atoms with Crippen LogP contribution in [0.3, 0.4) is 0 Å². The molecule has 2 aromatic carbocycles. The lowest BCUT2D eigenvalue weighted by atomic mass is 10.1. The number of nitrogens with one attached hydrogen (secondary N) is 1. The summed E-state index contributed by atoms with van der Waals surface area (Å²) in [6.07, 6.45) is -0.136. The molecule has 0 saturated heterocycles. The molecule has 1 fully saturated rings. The predicted octanol–water partition coefficient (Wildman–Crippen LogP) is 4.37. The highest BCUT2D eigenvalue weighted by Crippen LogP contribution is 2.30. The first kappa shape index (κ1) is 23.3. The van der Waals surface area contributed by atoms with E-state index in [0.29, 0.717) is 24.0 Å². The summed E-state index contributed by atoms with van der Waals surface area (Å²) in [5.74, 6) is -1.15. The van der Waals surface area contributed by atoms with Crippen molar-refractivity contribution in [3.8, 4) is 0 Å². The average Bonchev–Trinajstić information content (AvgIpc) is 3.12. The second-order valence-corrected chi connectivity index (χ2v) is 8.85. The van der Waals surface area contributed by atoms with E-state index >= 15 is 0 Å². The minimum atomic E-state index is -0.619. The number of carbonyl (C=O) groups is 3. The quantitative estimate of drug-likeness (QED) is 0.531. The van der Waals surface area contributed by atoms with Gasteiger partial charge in [-0.3, -0.25) is 0 Å². The molecular weight excluding hydrogens is 410 g/mol. The number of alkyl carbamates (subject to hydrolysis) is 1. The smallest absolute Gasteiger partial charge is 0.407 e. The third-order valence-corrected chi connectivity index (χ3v) is 5.06. The molecule has 3 atom stereocenters. The maximum atomic E-state index is 12.6. The summed E-state index contributed by atoms with van der Waals surface area (Å²) in [5, 5.41) is 2.83. The van der Waals surface area contributed by atoms with Gasteiger partial charge in [-0.25, -0.2) is 14.4 Å². The van der Waals surface area contributed by atoms with E-state index in [1.807, 2.05) is 12.1 Å². The van der Waals surface area contributed by atoms with E-state index in [2.05, 4.69) is 5.32 Å². The second-order valence-electron chi connectivity index (χ2n) is 8.85. The second kappa shape index (κ2) is 10.3. The van der Waals surface area contributed by atoms with Gasteiger partial charge in [0.05, 0.1) is 17.7 Å². The lowest BCUT2D eigenvalue weighted by Gasteiger charge is -2.21. The van der Waals surface area contributed by atoms with Crippen molar-refractivity contribution >= 4 is 18.0 Å². The minimum Gasteiger partial charge on any atom is -0.462 e. The van der Waals surface area contributed by atoms with E-state index in [1.165, 1.54) is 0 Å². The number of amides is 1. The van der Waals surface area contributed by atoms with Gasteiger partial charge >= 0.3 is 18.0 Å². The molecule has 0 aliphatic heterocycles. The summed E-state index contributed by atoms with van der Waals surface area (Å²) >= 11 is 0. The third-order valence-electron chi connectivity index (χ3n) is 5.06. The Labute approximate surface area is 188 Å². The molecule has 0 aromatic heterocycles. The Morgan fingerprint density at radius 1 is 0.875 bits per heavy atom. The molecule has 1 aliphatic carbocycles. The van der Waals surface area contributed by atoms with Crippen LogP contribution < -0.4 is 5.32 Å². The molecule has 32 heavy (non-hydrogen) atoms. The molecule has 1 amide bonds. The predicted molar refractivity (Wildman–Crippen MR) is 118 cm³/mol. The lowest BCUT2D eigenvalue weighted by Crippen LogP contribution is -2.38. The monoisotopic (exact) mass is 439 g/mol. The molecule has 2 aromatic rings. The van der Waals surface area contributed by atoms with E-state index in [1.54, 1.807) is 69.3 Å². The van der Waals surface area contributed by atoms with Gasteiger partial charge in [0.15, 0.2) is 0 Å². The zero-order chi connectivity index (χ0) is 23.1. The number of rotatable bonds is 6. The molecular formula is C25H29NO6. The lowest BCUT2D eigenvalue weighted by molar-refractivity contribution is 0.00483. The van der Waals surface area contributed by atoms with E-state index in [9.17, 15) is 14.4 Å². The van der Waals surface area contributed by atoms with Crippen LogP contribution in [0.15, 0.2) is 60.7 Å². The molecule has 1 aliphatic rings. The van der Waals surface area contributed by atoms with Crippen LogP contribution in [0.1, 0.15) is 54.3 Å². The number of hydrogen-bond acceptors (Lipinski definition) is 6. The fraction of sp³-hybridized carbons (Fsp3) is 0.400. The van der Waals surface area contributed by atoms with Crippen LogP contribution in [-0.2, 0) is 14.2 Å². The molecule has 0 radical (unpaired) electrons. The van der Waals surface area contributed by atoms with Crippen molar-refractivity contribution < 1.29 is 28.6 Å².